The van der Waals surface area contributed by atoms with Crippen LogP contribution in [0.1, 0.15) is 30.9 Å². The molecule has 2 aromatic rings. The van der Waals surface area contributed by atoms with Gasteiger partial charge in [0.25, 0.3) is 0 Å². The highest BCUT2D eigenvalue weighted by molar-refractivity contribution is 9.10. The summed E-state index contributed by atoms with van der Waals surface area (Å²) in [6.45, 7) is 5.27. The predicted octanol–water partition coefficient (Wildman–Crippen LogP) is 3.68. The molecular formula is C20H23BrN2O. The third-order valence-corrected chi connectivity index (χ3v) is 5.51. The molecule has 0 saturated carbocycles. The summed E-state index contributed by atoms with van der Waals surface area (Å²) in [4.78, 5) is 15.1. The van der Waals surface area contributed by atoms with Crippen molar-refractivity contribution in [3.63, 3.8) is 0 Å². The van der Waals surface area contributed by atoms with Crippen molar-refractivity contribution in [3.05, 3.63) is 70.2 Å². The molecule has 1 heterocycles. The number of nitrogens with two attached hydrogens (primary N) is 1. The first-order chi connectivity index (χ1) is 11.4. The molecule has 1 amide bonds. The summed E-state index contributed by atoms with van der Waals surface area (Å²) in [5, 5.41) is 0. The van der Waals surface area contributed by atoms with Gasteiger partial charge in [-0.3, -0.25) is 4.79 Å². The summed E-state index contributed by atoms with van der Waals surface area (Å²) >= 11 is 3.45. The van der Waals surface area contributed by atoms with Crippen molar-refractivity contribution in [2.75, 3.05) is 13.1 Å². The molecule has 1 aliphatic heterocycles. The van der Waals surface area contributed by atoms with Gasteiger partial charge in [0, 0.05) is 29.5 Å². The number of benzene rings is 2. The molecule has 4 heteroatoms. The van der Waals surface area contributed by atoms with Crippen LogP contribution >= 0.6 is 15.9 Å². The Bertz CT molecular complexity index is 712. The SMILES string of the molecule is CC(C)(C(=O)N1C[C@@H](N)[C@H](c2ccccc2)C1)c1ccc(Br)cc1. The number of carbonyl (C=O) groups is 1. The van der Waals surface area contributed by atoms with Gasteiger partial charge in [-0.1, -0.05) is 58.4 Å². The van der Waals surface area contributed by atoms with Crippen molar-refractivity contribution in [1.29, 1.82) is 0 Å². The van der Waals surface area contributed by atoms with Crippen LogP contribution in [0, 0.1) is 0 Å². The highest BCUT2D eigenvalue weighted by Gasteiger charge is 2.40. The van der Waals surface area contributed by atoms with E-state index >= 15 is 0 Å². The van der Waals surface area contributed by atoms with E-state index in [0.29, 0.717) is 13.1 Å². The van der Waals surface area contributed by atoms with Crippen molar-refractivity contribution < 1.29 is 4.79 Å². The van der Waals surface area contributed by atoms with Crippen LogP contribution in [-0.2, 0) is 10.2 Å². The Morgan fingerprint density at radius 1 is 1.08 bits per heavy atom. The number of rotatable bonds is 3. The number of amides is 1. The lowest BCUT2D eigenvalue weighted by Crippen LogP contribution is -2.43. The van der Waals surface area contributed by atoms with Crippen molar-refractivity contribution in [1.82, 2.24) is 4.90 Å². The Hall–Kier alpha value is -1.65. The van der Waals surface area contributed by atoms with Crippen molar-refractivity contribution in [2.24, 2.45) is 5.73 Å². The Labute approximate surface area is 152 Å². The van der Waals surface area contributed by atoms with Gasteiger partial charge in [-0.2, -0.15) is 0 Å². The fourth-order valence-corrected chi connectivity index (χ4v) is 3.70. The monoisotopic (exact) mass is 386 g/mol. The van der Waals surface area contributed by atoms with Gasteiger partial charge in [-0.05, 0) is 37.1 Å². The second kappa shape index (κ2) is 6.69. The lowest BCUT2D eigenvalue weighted by atomic mass is 9.83. The average Bonchev–Trinajstić information content (AvgIpc) is 2.97. The molecule has 1 aliphatic rings. The van der Waals surface area contributed by atoms with Gasteiger partial charge >= 0.3 is 0 Å². The van der Waals surface area contributed by atoms with Gasteiger partial charge in [-0.15, -0.1) is 0 Å². The van der Waals surface area contributed by atoms with E-state index < -0.39 is 5.41 Å². The summed E-state index contributed by atoms with van der Waals surface area (Å²) < 4.78 is 1.02. The number of hydrogen-bond acceptors (Lipinski definition) is 2. The minimum absolute atomic E-state index is 0.0166. The molecule has 0 aliphatic carbocycles. The number of carbonyl (C=O) groups excluding carboxylic acids is 1. The molecule has 2 atom stereocenters. The number of likely N-dealkylation sites (tertiary alicyclic amines) is 1. The maximum absolute atomic E-state index is 13.1. The van der Waals surface area contributed by atoms with Gasteiger partial charge in [0.2, 0.25) is 5.91 Å². The lowest BCUT2D eigenvalue weighted by molar-refractivity contribution is -0.135. The highest BCUT2D eigenvalue weighted by atomic mass is 79.9. The first-order valence-corrected chi connectivity index (χ1v) is 9.05. The quantitative estimate of drug-likeness (QED) is 0.874. The Kier molecular flexibility index (Phi) is 4.79. The average molecular weight is 387 g/mol. The molecule has 3 rings (SSSR count). The van der Waals surface area contributed by atoms with E-state index in [2.05, 4.69) is 28.1 Å². The summed E-state index contributed by atoms with van der Waals surface area (Å²) in [5.41, 5.74) is 8.01. The molecule has 126 valence electrons. The zero-order valence-electron chi connectivity index (χ0n) is 14.1. The molecule has 24 heavy (non-hydrogen) atoms. The first-order valence-electron chi connectivity index (χ1n) is 8.25. The molecule has 0 radical (unpaired) electrons. The van der Waals surface area contributed by atoms with Crippen LogP contribution in [0.3, 0.4) is 0 Å². The largest absolute Gasteiger partial charge is 0.340 e. The molecular weight excluding hydrogens is 364 g/mol. The standard InChI is InChI=1S/C20H23BrN2O/c1-20(2,15-8-10-16(21)11-9-15)19(24)23-12-17(18(22)13-23)14-6-4-3-5-7-14/h3-11,17-18H,12-13,22H2,1-2H3/t17-,18+/m0/s1. The van der Waals surface area contributed by atoms with E-state index in [1.54, 1.807) is 0 Å². The maximum Gasteiger partial charge on any atom is 0.232 e. The molecule has 0 aromatic heterocycles. The van der Waals surface area contributed by atoms with Crippen molar-refractivity contribution in [2.45, 2.75) is 31.2 Å². The second-order valence-corrected chi connectivity index (χ2v) is 7.94. The molecule has 2 N–H and O–H groups in total. The van der Waals surface area contributed by atoms with Crippen LogP contribution in [0.5, 0.6) is 0 Å². The first kappa shape index (κ1) is 17.2. The predicted molar refractivity (Wildman–Crippen MR) is 101 cm³/mol. The molecule has 0 spiro atoms. The van der Waals surface area contributed by atoms with E-state index in [4.69, 9.17) is 5.73 Å². The Balaban J connectivity index is 1.79. The Morgan fingerprint density at radius 2 is 1.71 bits per heavy atom. The van der Waals surface area contributed by atoms with E-state index in [1.807, 2.05) is 61.2 Å². The second-order valence-electron chi connectivity index (χ2n) is 7.02. The summed E-state index contributed by atoms with van der Waals surface area (Å²) in [6, 6.07) is 18.2. The van der Waals surface area contributed by atoms with Gasteiger partial charge in [0.05, 0.1) is 5.41 Å². The van der Waals surface area contributed by atoms with Gasteiger partial charge in [0.1, 0.15) is 0 Å². The lowest BCUT2D eigenvalue weighted by Gasteiger charge is -2.30. The molecule has 1 fully saturated rings. The van der Waals surface area contributed by atoms with E-state index in [-0.39, 0.29) is 17.9 Å². The van der Waals surface area contributed by atoms with E-state index in [9.17, 15) is 4.79 Å². The zero-order valence-corrected chi connectivity index (χ0v) is 15.7. The summed E-state index contributed by atoms with van der Waals surface area (Å²) in [5.74, 6) is 0.342. The molecule has 0 unspecified atom stereocenters. The van der Waals surface area contributed by atoms with E-state index in [0.717, 1.165) is 10.0 Å². The molecule has 0 bridgehead atoms. The van der Waals surface area contributed by atoms with Crippen LogP contribution < -0.4 is 5.73 Å². The third-order valence-electron chi connectivity index (χ3n) is 4.98. The minimum Gasteiger partial charge on any atom is -0.340 e. The fraction of sp³-hybridized carbons (Fsp3) is 0.350. The third kappa shape index (κ3) is 3.26. The van der Waals surface area contributed by atoms with Gasteiger partial charge in [-0.25, -0.2) is 0 Å². The van der Waals surface area contributed by atoms with Crippen molar-refractivity contribution >= 4 is 21.8 Å². The van der Waals surface area contributed by atoms with E-state index in [1.165, 1.54) is 5.56 Å². The minimum atomic E-state index is -0.563. The Morgan fingerprint density at radius 3 is 2.33 bits per heavy atom. The number of halogens is 1. The van der Waals surface area contributed by atoms with Crippen LogP contribution in [0.2, 0.25) is 0 Å². The fourth-order valence-electron chi connectivity index (χ4n) is 3.43. The van der Waals surface area contributed by atoms with Gasteiger partial charge in [0.15, 0.2) is 0 Å². The molecule has 1 saturated heterocycles. The van der Waals surface area contributed by atoms with Crippen LogP contribution in [-0.4, -0.2) is 29.9 Å². The molecule has 2 aromatic carbocycles. The topological polar surface area (TPSA) is 46.3 Å². The normalized spacial score (nSPS) is 21.1. The number of hydrogen-bond donors (Lipinski definition) is 1. The molecule has 3 nitrogen and oxygen atoms in total. The smallest absolute Gasteiger partial charge is 0.232 e. The maximum atomic E-state index is 13.1. The zero-order chi connectivity index (χ0) is 17.3. The van der Waals surface area contributed by atoms with Gasteiger partial charge < -0.3 is 10.6 Å². The van der Waals surface area contributed by atoms with Crippen LogP contribution in [0.4, 0.5) is 0 Å². The number of nitrogens with zero attached hydrogens (tertiary/aromatic N) is 1. The van der Waals surface area contributed by atoms with Crippen molar-refractivity contribution in [3.8, 4) is 0 Å². The highest BCUT2D eigenvalue weighted by Crippen LogP contribution is 2.32. The summed E-state index contributed by atoms with van der Waals surface area (Å²) in [7, 11) is 0. The van der Waals surface area contributed by atoms with Crippen LogP contribution in [0.15, 0.2) is 59.1 Å². The summed E-state index contributed by atoms with van der Waals surface area (Å²) in [6.07, 6.45) is 0. The van der Waals surface area contributed by atoms with Crippen LogP contribution in [0.25, 0.3) is 0 Å².